The van der Waals surface area contributed by atoms with Crippen molar-refractivity contribution < 1.29 is 28.9 Å². The Bertz CT molecular complexity index is 925. The van der Waals surface area contributed by atoms with E-state index in [4.69, 9.17) is 19.3 Å². The molecule has 2 aromatic rings. The molecule has 1 aliphatic heterocycles. The third-order valence-electron chi connectivity index (χ3n) is 4.17. The fraction of sp³-hybridized carbons (Fsp3) is 0.238. The van der Waals surface area contributed by atoms with Gasteiger partial charge in [-0.1, -0.05) is 18.2 Å². The van der Waals surface area contributed by atoms with Crippen LogP contribution in [0.25, 0.3) is 6.08 Å². The third kappa shape index (κ3) is 5.05. The summed E-state index contributed by atoms with van der Waals surface area (Å²) in [5, 5.41) is 14.2. The molecule has 29 heavy (non-hydrogen) atoms. The predicted molar refractivity (Wildman–Crippen MR) is 106 cm³/mol. The number of methoxy groups -OCH3 is 1. The number of nitrogens with one attached hydrogen (secondary N) is 2. The lowest BCUT2D eigenvalue weighted by Gasteiger charge is -2.13. The van der Waals surface area contributed by atoms with Crippen LogP contribution in [0.2, 0.25) is 0 Å². The monoisotopic (exact) mass is 398 g/mol. The molecule has 1 aliphatic rings. The number of aliphatic hydroxyl groups excluding tert-OH is 1. The van der Waals surface area contributed by atoms with Crippen LogP contribution in [0.5, 0.6) is 17.2 Å². The summed E-state index contributed by atoms with van der Waals surface area (Å²) >= 11 is 0. The number of ether oxygens (including phenoxy) is 3. The van der Waals surface area contributed by atoms with Gasteiger partial charge in [-0.25, -0.2) is 0 Å². The minimum absolute atomic E-state index is 0.0466. The fourth-order valence-corrected chi connectivity index (χ4v) is 2.73. The molecule has 8 heteroatoms. The smallest absolute Gasteiger partial charge is 0.267 e. The van der Waals surface area contributed by atoms with Gasteiger partial charge in [-0.15, -0.1) is 0 Å². The number of rotatable bonds is 8. The number of para-hydroxylation sites is 1. The summed E-state index contributed by atoms with van der Waals surface area (Å²) in [6, 6.07) is 11.9. The Balaban J connectivity index is 1.86. The molecule has 152 valence electrons. The molecule has 0 aliphatic carbocycles. The normalized spacial score (nSPS) is 12.4. The highest BCUT2D eigenvalue weighted by Gasteiger charge is 2.18. The van der Waals surface area contributed by atoms with Gasteiger partial charge in [0.25, 0.3) is 11.8 Å². The second-order valence-corrected chi connectivity index (χ2v) is 6.16. The van der Waals surface area contributed by atoms with Crippen molar-refractivity contribution in [3.05, 3.63) is 59.3 Å². The number of hydrogen-bond acceptors (Lipinski definition) is 6. The number of carbonyl (C=O) groups is 2. The Morgan fingerprint density at radius 1 is 1.17 bits per heavy atom. The number of benzene rings is 2. The molecule has 0 saturated heterocycles. The maximum Gasteiger partial charge on any atom is 0.267 e. The molecule has 0 saturated carbocycles. The van der Waals surface area contributed by atoms with Gasteiger partial charge in [0.2, 0.25) is 6.79 Å². The SMILES string of the molecule is COc1ccccc1C(=O)NC(=Cc1ccc2c(c1)OCO2)C(=O)NCCCO. The first kappa shape index (κ1) is 20.2. The van der Waals surface area contributed by atoms with Gasteiger partial charge in [0.15, 0.2) is 11.5 Å². The molecule has 0 aromatic heterocycles. The van der Waals surface area contributed by atoms with Crippen molar-refractivity contribution in [3.8, 4) is 17.2 Å². The van der Waals surface area contributed by atoms with Crippen LogP contribution in [0.3, 0.4) is 0 Å². The van der Waals surface area contributed by atoms with Crippen molar-refractivity contribution >= 4 is 17.9 Å². The summed E-state index contributed by atoms with van der Waals surface area (Å²) in [5.74, 6) is 0.628. The van der Waals surface area contributed by atoms with Crippen molar-refractivity contribution in [2.24, 2.45) is 0 Å². The summed E-state index contributed by atoms with van der Waals surface area (Å²) < 4.78 is 15.9. The van der Waals surface area contributed by atoms with Crippen LogP contribution in [0.1, 0.15) is 22.3 Å². The summed E-state index contributed by atoms with van der Waals surface area (Å²) in [4.78, 5) is 25.4. The lowest BCUT2D eigenvalue weighted by molar-refractivity contribution is -0.117. The highest BCUT2D eigenvalue weighted by atomic mass is 16.7. The van der Waals surface area contributed by atoms with Gasteiger partial charge in [0.05, 0.1) is 12.7 Å². The predicted octanol–water partition coefficient (Wildman–Crippen LogP) is 1.69. The van der Waals surface area contributed by atoms with Gasteiger partial charge in [0.1, 0.15) is 11.4 Å². The average Bonchev–Trinajstić information content (AvgIpc) is 3.21. The first-order valence-electron chi connectivity index (χ1n) is 9.07. The highest BCUT2D eigenvalue weighted by Crippen LogP contribution is 2.33. The molecule has 0 radical (unpaired) electrons. The molecule has 0 fully saturated rings. The van der Waals surface area contributed by atoms with Crippen molar-refractivity contribution in [3.63, 3.8) is 0 Å². The number of aliphatic hydroxyl groups is 1. The maximum absolute atomic E-state index is 12.8. The van der Waals surface area contributed by atoms with Crippen LogP contribution in [0.4, 0.5) is 0 Å². The fourth-order valence-electron chi connectivity index (χ4n) is 2.73. The van der Waals surface area contributed by atoms with E-state index in [-0.39, 0.29) is 25.6 Å². The Morgan fingerprint density at radius 2 is 1.97 bits per heavy atom. The van der Waals surface area contributed by atoms with Crippen LogP contribution in [0.15, 0.2) is 48.2 Å². The Labute approximate surface area is 168 Å². The number of hydrogen-bond donors (Lipinski definition) is 3. The van der Waals surface area contributed by atoms with E-state index in [1.54, 1.807) is 48.5 Å². The van der Waals surface area contributed by atoms with Crippen molar-refractivity contribution in [1.29, 1.82) is 0 Å². The molecule has 0 unspecified atom stereocenters. The zero-order valence-corrected chi connectivity index (χ0v) is 15.9. The van der Waals surface area contributed by atoms with Crippen LogP contribution in [-0.4, -0.2) is 44.0 Å². The number of fused-ring (bicyclic) bond motifs is 1. The van der Waals surface area contributed by atoms with Crippen LogP contribution in [0, 0.1) is 0 Å². The second kappa shape index (κ2) is 9.61. The van der Waals surface area contributed by atoms with Gasteiger partial charge < -0.3 is 30.0 Å². The van der Waals surface area contributed by atoms with E-state index in [1.807, 2.05) is 0 Å². The Morgan fingerprint density at radius 3 is 2.76 bits per heavy atom. The van der Waals surface area contributed by atoms with Gasteiger partial charge in [-0.2, -0.15) is 0 Å². The minimum atomic E-state index is -0.480. The van der Waals surface area contributed by atoms with Gasteiger partial charge in [0, 0.05) is 13.2 Å². The van der Waals surface area contributed by atoms with Crippen molar-refractivity contribution in [1.82, 2.24) is 10.6 Å². The maximum atomic E-state index is 12.8. The Kier molecular flexibility index (Phi) is 6.70. The second-order valence-electron chi connectivity index (χ2n) is 6.16. The molecular formula is C21H22N2O6. The molecule has 8 nitrogen and oxygen atoms in total. The summed E-state index contributed by atoms with van der Waals surface area (Å²) in [6.07, 6.45) is 1.95. The summed E-state index contributed by atoms with van der Waals surface area (Å²) in [5.41, 5.74) is 1.01. The lowest BCUT2D eigenvalue weighted by atomic mass is 10.1. The first-order chi connectivity index (χ1) is 14.1. The van der Waals surface area contributed by atoms with Crippen LogP contribution < -0.4 is 24.8 Å². The number of carbonyl (C=O) groups excluding carboxylic acids is 2. The molecule has 1 heterocycles. The minimum Gasteiger partial charge on any atom is -0.496 e. The van der Waals surface area contributed by atoms with E-state index in [1.165, 1.54) is 7.11 Å². The molecule has 3 rings (SSSR count). The van der Waals surface area contributed by atoms with Gasteiger partial charge in [-0.05, 0) is 42.3 Å². The van der Waals surface area contributed by atoms with Crippen molar-refractivity contribution in [2.45, 2.75) is 6.42 Å². The standard InChI is InChI=1S/C21H22N2O6/c1-27-17-6-3-2-5-15(17)20(25)23-16(21(26)22-9-4-10-24)11-14-7-8-18-19(12-14)29-13-28-18/h2-3,5-8,11-12,24H,4,9-10,13H2,1H3,(H,22,26)(H,23,25). The third-order valence-corrected chi connectivity index (χ3v) is 4.17. The molecule has 2 aromatic carbocycles. The topological polar surface area (TPSA) is 106 Å². The average molecular weight is 398 g/mol. The van der Waals surface area contributed by atoms with Gasteiger partial charge >= 0.3 is 0 Å². The van der Waals surface area contributed by atoms with E-state index < -0.39 is 11.8 Å². The lowest BCUT2D eigenvalue weighted by Crippen LogP contribution is -2.35. The highest BCUT2D eigenvalue weighted by molar-refractivity contribution is 6.06. The largest absolute Gasteiger partial charge is 0.496 e. The van der Waals surface area contributed by atoms with E-state index in [2.05, 4.69) is 10.6 Å². The first-order valence-corrected chi connectivity index (χ1v) is 9.07. The molecule has 0 bridgehead atoms. The number of amides is 2. The van der Waals surface area contributed by atoms with E-state index in [0.717, 1.165) is 0 Å². The van der Waals surface area contributed by atoms with E-state index >= 15 is 0 Å². The quantitative estimate of drug-likeness (QED) is 0.462. The molecule has 3 N–H and O–H groups in total. The van der Waals surface area contributed by atoms with Crippen LogP contribution >= 0.6 is 0 Å². The van der Waals surface area contributed by atoms with Crippen molar-refractivity contribution in [2.75, 3.05) is 27.1 Å². The van der Waals surface area contributed by atoms with Gasteiger partial charge in [-0.3, -0.25) is 9.59 Å². The molecular weight excluding hydrogens is 376 g/mol. The van der Waals surface area contributed by atoms with Crippen LogP contribution in [-0.2, 0) is 4.79 Å². The molecule has 0 spiro atoms. The molecule has 2 amide bonds. The van der Waals surface area contributed by atoms with E-state index in [9.17, 15) is 9.59 Å². The van der Waals surface area contributed by atoms with E-state index in [0.29, 0.717) is 34.8 Å². The summed E-state index contributed by atoms with van der Waals surface area (Å²) in [7, 11) is 1.47. The zero-order valence-electron chi connectivity index (χ0n) is 15.9. The zero-order chi connectivity index (χ0) is 20.6. The summed E-state index contributed by atoms with van der Waals surface area (Å²) in [6.45, 7) is 0.370. The molecule has 0 atom stereocenters. The Hall–Kier alpha value is -3.52.